The van der Waals surface area contributed by atoms with Crippen LogP contribution in [-0.2, 0) is 4.74 Å². The number of thioether (sulfide) groups is 1. The summed E-state index contributed by atoms with van der Waals surface area (Å²) >= 11 is 1.72. The zero-order valence-electron chi connectivity index (χ0n) is 15.5. The fourth-order valence-electron chi connectivity index (χ4n) is 3.14. The third-order valence-electron chi connectivity index (χ3n) is 4.65. The van der Waals surface area contributed by atoms with Gasteiger partial charge in [-0.25, -0.2) is 4.98 Å². The van der Waals surface area contributed by atoms with Gasteiger partial charge >= 0.3 is 0 Å². The fraction of sp³-hybridized carbons (Fsp3) is 0.333. The van der Waals surface area contributed by atoms with Gasteiger partial charge in [0.2, 0.25) is 5.88 Å². The molecule has 0 saturated carbocycles. The topological polar surface area (TPSA) is 76.2 Å². The van der Waals surface area contributed by atoms with Gasteiger partial charge in [-0.15, -0.1) is 11.8 Å². The van der Waals surface area contributed by atoms with Gasteiger partial charge in [0, 0.05) is 59.4 Å². The molecule has 6 nitrogen and oxygen atoms in total. The minimum Gasteiger partial charge on any atom is -0.474 e. The number of hydrogen-bond donors (Lipinski definition) is 2. The average Bonchev–Trinajstić information content (AvgIpc) is 3.15. The van der Waals surface area contributed by atoms with Gasteiger partial charge in [0.25, 0.3) is 5.91 Å². The molecular weight excluding hydrogens is 374 g/mol. The molecule has 2 N–H and O–H groups in total. The number of fused-ring (bicyclic) bond motifs is 1. The minimum absolute atomic E-state index is 0.121. The molecule has 0 atom stereocenters. The number of aromatic amines is 1. The quantitative estimate of drug-likeness (QED) is 0.470. The Balaban J connectivity index is 1.23. The van der Waals surface area contributed by atoms with Gasteiger partial charge in [0.05, 0.1) is 18.8 Å². The second-order valence-corrected chi connectivity index (χ2v) is 7.75. The second kappa shape index (κ2) is 9.12. The van der Waals surface area contributed by atoms with Crippen LogP contribution in [0.4, 0.5) is 0 Å². The van der Waals surface area contributed by atoms with Crippen molar-refractivity contribution in [2.45, 2.75) is 23.8 Å². The van der Waals surface area contributed by atoms with E-state index in [4.69, 9.17) is 9.47 Å². The monoisotopic (exact) mass is 397 g/mol. The van der Waals surface area contributed by atoms with Crippen LogP contribution in [0.3, 0.4) is 0 Å². The normalized spacial score (nSPS) is 14.9. The number of benzene rings is 1. The number of aromatic nitrogens is 2. The predicted octanol–water partition coefficient (Wildman–Crippen LogP) is 3.64. The minimum atomic E-state index is -0.121. The van der Waals surface area contributed by atoms with Crippen LogP contribution in [0.15, 0.2) is 53.7 Å². The first-order valence-electron chi connectivity index (χ1n) is 9.47. The maximum Gasteiger partial charge on any atom is 0.252 e. The standard InChI is InChI=1S/C21H23N3O3S/c25-21(15-5-6-20(24-13-15)27-16-7-10-26-11-8-16)22-9-12-28-19-14-23-18-4-2-1-3-17(18)19/h1-6,13-14,16,23H,7-12H2,(H,22,25). The molecule has 4 rings (SSSR count). The van der Waals surface area contributed by atoms with Gasteiger partial charge in [-0.1, -0.05) is 18.2 Å². The summed E-state index contributed by atoms with van der Waals surface area (Å²) in [6, 6.07) is 11.7. The summed E-state index contributed by atoms with van der Waals surface area (Å²) in [5.41, 5.74) is 1.67. The SMILES string of the molecule is O=C(NCCSc1c[nH]c2ccccc12)c1ccc(OC2CCOCC2)nc1. The molecular formula is C21H23N3O3S. The highest BCUT2D eigenvalue weighted by Crippen LogP contribution is 2.27. The maximum absolute atomic E-state index is 12.3. The Morgan fingerprint density at radius 1 is 1.25 bits per heavy atom. The van der Waals surface area contributed by atoms with Crippen LogP contribution in [0.2, 0.25) is 0 Å². The van der Waals surface area contributed by atoms with Crippen LogP contribution in [0, 0.1) is 0 Å². The number of carbonyl (C=O) groups is 1. The van der Waals surface area contributed by atoms with Gasteiger partial charge in [0.1, 0.15) is 6.10 Å². The van der Waals surface area contributed by atoms with E-state index < -0.39 is 0 Å². The summed E-state index contributed by atoms with van der Waals surface area (Å²) in [5.74, 6) is 1.23. The van der Waals surface area contributed by atoms with Gasteiger partial charge in [-0.2, -0.15) is 0 Å². The number of carbonyl (C=O) groups excluding carboxylic acids is 1. The Bertz CT molecular complexity index is 920. The van der Waals surface area contributed by atoms with Gasteiger partial charge in [-0.05, 0) is 12.1 Å². The summed E-state index contributed by atoms with van der Waals surface area (Å²) < 4.78 is 11.2. The Labute approximate surface area is 168 Å². The highest BCUT2D eigenvalue weighted by atomic mass is 32.2. The molecule has 3 aromatic rings. The van der Waals surface area contributed by atoms with Crippen molar-refractivity contribution < 1.29 is 14.3 Å². The average molecular weight is 398 g/mol. The van der Waals surface area contributed by atoms with Gasteiger partial charge in [-0.3, -0.25) is 4.79 Å². The van der Waals surface area contributed by atoms with E-state index in [1.54, 1.807) is 30.1 Å². The number of rotatable bonds is 7. The van der Waals surface area contributed by atoms with Crippen LogP contribution in [-0.4, -0.2) is 47.5 Å². The molecule has 0 aliphatic carbocycles. The summed E-state index contributed by atoms with van der Waals surface area (Å²) in [4.78, 5) is 21.0. The van der Waals surface area contributed by atoms with Crippen molar-refractivity contribution in [1.82, 2.24) is 15.3 Å². The van der Waals surface area contributed by atoms with Crippen LogP contribution in [0.1, 0.15) is 23.2 Å². The molecule has 3 heterocycles. The van der Waals surface area contributed by atoms with Crippen molar-refractivity contribution in [1.29, 1.82) is 0 Å². The molecule has 1 aromatic carbocycles. The van der Waals surface area contributed by atoms with Crippen molar-refractivity contribution in [2.24, 2.45) is 0 Å². The van der Waals surface area contributed by atoms with Crippen LogP contribution in [0.5, 0.6) is 5.88 Å². The summed E-state index contributed by atoms with van der Waals surface area (Å²) in [7, 11) is 0. The predicted molar refractivity (Wildman–Crippen MR) is 110 cm³/mol. The Kier molecular flexibility index (Phi) is 6.14. The first-order valence-corrected chi connectivity index (χ1v) is 10.5. The molecule has 0 bridgehead atoms. The molecule has 1 amide bonds. The van der Waals surface area contributed by atoms with E-state index in [0.717, 1.165) is 37.3 Å². The van der Waals surface area contributed by atoms with Crippen molar-refractivity contribution in [3.8, 4) is 5.88 Å². The number of nitrogens with zero attached hydrogens (tertiary/aromatic N) is 1. The molecule has 2 aromatic heterocycles. The molecule has 1 aliphatic heterocycles. The van der Waals surface area contributed by atoms with E-state index in [1.165, 1.54) is 10.3 Å². The van der Waals surface area contributed by atoms with Crippen molar-refractivity contribution in [3.63, 3.8) is 0 Å². The summed E-state index contributed by atoms with van der Waals surface area (Å²) in [6.07, 6.45) is 5.47. The Morgan fingerprint density at radius 2 is 2.11 bits per heavy atom. The number of amides is 1. The Hall–Kier alpha value is -2.51. The summed E-state index contributed by atoms with van der Waals surface area (Å²) in [6.45, 7) is 2.03. The molecule has 1 fully saturated rings. The third kappa shape index (κ3) is 4.66. The van der Waals surface area contributed by atoms with E-state index >= 15 is 0 Å². The number of pyridine rings is 1. The lowest BCUT2D eigenvalue weighted by molar-refractivity contribution is 0.0237. The van der Waals surface area contributed by atoms with Crippen molar-refractivity contribution >= 4 is 28.6 Å². The van der Waals surface area contributed by atoms with E-state index in [9.17, 15) is 4.79 Å². The number of H-pyrrole nitrogens is 1. The highest BCUT2D eigenvalue weighted by molar-refractivity contribution is 7.99. The fourth-order valence-corrected chi connectivity index (χ4v) is 4.04. The lowest BCUT2D eigenvalue weighted by Crippen LogP contribution is -2.27. The Morgan fingerprint density at radius 3 is 2.93 bits per heavy atom. The smallest absolute Gasteiger partial charge is 0.252 e. The molecule has 1 aliphatic rings. The molecule has 1 saturated heterocycles. The van der Waals surface area contributed by atoms with Crippen molar-refractivity contribution in [3.05, 3.63) is 54.4 Å². The zero-order chi connectivity index (χ0) is 19.2. The van der Waals surface area contributed by atoms with Crippen LogP contribution >= 0.6 is 11.8 Å². The first-order chi connectivity index (χ1) is 13.8. The second-order valence-electron chi connectivity index (χ2n) is 6.62. The number of para-hydroxylation sites is 1. The molecule has 0 unspecified atom stereocenters. The van der Waals surface area contributed by atoms with E-state index in [1.807, 2.05) is 18.3 Å². The van der Waals surface area contributed by atoms with Gasteiger partial charge in [0.15, 0.2) is 0 Å². The summed E-state index contributed by atoms with van der Waals surface area (Å²) in [5, 5.41) is 4.15. The lowest BCUT2D eigenvalue weighted by Gasteiger charge is -2.22. The first kappa shape index (κ1) is 18.8. The van der Waals surface area contributed by atoms with Gasteiger partial charge < -0.3 is 19.8 Å². The van der Waals surface area contributed by atoms with Crippen LogP contribution in [0.25, 0.3) is 10.9 Å². The molecule has 0 radical (unpaired) electrons. The van der Waals surface area contributed by atoms with E-state index in [-0.39, 0.29) is 12.0 Å². The van der Waals surface area contributed by atoms with Crippen LogP contribution < -0.4 is 10.1 Å². The van der Waals surface area contributed by atoms with E-state index in [2.05, 4.69) is 27.4 Å². The highest BCUT2D eigenvalue weighted by Gasteiger charge is 2.16. The molecule has 7 heteroatoms. The zero-order valence-corrected chi connectivity index (χ0v) is 16.3. The third-order valence-corrected chi connectivity index (χ3v) is 5.71. The number of ether oxygens (including phenoxy) is 2. The van der Waals surface area contributed by atoms with E-state index in [0.29, 0.717) is 18.0 Å². The largest absolute Gasteiger partial charge is 0.474 e. The maximum atomic E-state index is 12.3. The molecule has 28 heavy (non-hydrogen) atoms. The number of hydrogen-bond acceptors (Lipinski definition) is 5. The van der Waals surface area contributed by atoms with Crippen molar-refractivity contribution in [2.75, 3.05) is 25.5 Å². The number of nitrogens with one attached hydrogen (secondary N) is 2. The molecule has 146 valence electrons. The lowest BCUT2D eigenvalue weighted by atomic mass is 10.1. The molecule has 0 spiro atoms.